The van der Waals surface area contributed by atoms with Crippen molar-refractivity contribution in [2.24, 2.45) is 0 Å². The van der Waals surface area contributed by atoms with E-state index in [0.717, 1.165) is 25.0 Å². The van der Waals surface area contributed by atoms with Crippen LogP contribution < -0.4 is 0 Å². The first kappa shape index (κ1) is 24.0. The molecule has 0 radical (unpaired) electrons. The number of ketones is 1. The summed E-state index contributed by atoms with van der Waals surface area (Å²) >= 11 is 0. The van der Waals surface area contributed by atoms with E-state index in [4.69, 9.17) is 13.9 Å². The van der Waals surface area contributed by atoms with Crippen LogP contribution in [0.25, 0.3) is 0 Å². The van der Waals surface area contributed by atoms with Crippen molar-refractivity contribution in [3.63, 3.8) is 0 Å². The molecule has 5 heteroatoms. The molecule has 1 aliphatic heterocycles. The monoisotopic (exact) mass is 394 g/mol. The molecule has 0 N–H and O–H groups in total. The second-order valence-corrected chi connectivity index (χ2v) is 13.7. The average molecular weight is 395 g/mol. The topological polar surface area (TPSA) is 44.8 Å². The standard InChI is InChI=1S/C22H38O4Si/c1-18(2)20(23)22(14-11-16-25-22)24-15-9-12-19(3)13-10-17-26-27(7,8)21(4,5)6/h9,12-13H,1,10-11,14-17H2,2-8H3/b12-9+,19-13+/t22-/m0/s1. The molecule has 1 heterocycles. The van der Waals surface area contributed by atoms with Gasteiger partial charge in [-0.25, -0.2) is 0 Å². The molecule has 4 nitrogen and oxygen atoms in total. The minimum Gasteiger partial charge on any atom is -0.417 e. The van der Waals surface area contributed by atoms with E-state index in [1.165, 1.54) is 0 Å². The van der Waals surface area contributed by atoms with Gasteiger partial charge in [0.25, 0.3) is 0 Å². The van der Waals surface area contributed by atoms with Gasteiger partial charge in [-0.1, -0.05) is 51.2 Å². The van der Waals surface area contributed by atoms with Crippen LogP contribution in [0.15, 0.2) is 36.0 Å². The number of carbonyl (C=O) groups excluding carboxylic acids is 1. The van der Waals surface area contributed by atoms with E-state index in [9.17, 15) is 4.79 Å². The molecule has 1 aliphatic rings. The minimum absolute atomic E-state index is 0.150. The van der Waals surface area contributed by atoms with E-state index in [2.05, 4.69) is 53.4 Å². The van der Waals surface area contributed by atoms with Gasteiger partial charge in [-0.15, -0.1) is 0 Å². The van der Waals surface area contributed by atoms with E-state index in [0.29, 0.717) is 25.2 Å². The van der Waals surface area contributed by atoms with E-state index < -0.39 is 14.1 Å². The van der Waals surface area contributed by atoms with Gasteiger partial charge in [0.2, 0.25) is 11.6 Å². The van der Waals surface area contributed by atoms with Gasteiger partial charge in [-0.3, -0.25) is 4.79 Å². The van der Waals surface area contributed by atoms with Crippen molar-refractivity contribution in [3.05, 3.63) is 36.0 Å². The summed E-state index contributed by atoms with van der Waals surface area (Å²) in [5.74, 6) is -1.28. The van der Waals surface area contributed by atoms with Crippen molar-refractivity contribution >= 4 is 14.1 Å². The largest absolute Gasteiger partial charge is 0.417 e. The normalized spacial score (nSPS) is 21.8. The number of hydrogen-bond acceptors (Lipinski definition) is 4. The maximum Gasteiger partial charge on any atom is 0.233 e. The van der Waals surface area contributed by atoms with Gasteiger partial charge in [0.15, 0.2) is 8.32 Å². The predicted octanol–water partition coefficient (Wildman–Crippen LogP) is 5.57. The third-order valence-electron chi connectivity index (χ3n) is 5.37. The van der Waals surface area contributed by atoms with Crippen LogP contribution in [-0.2, 0) is 18.7 Å². The fourth-order valence-electron chi connectivity index (χ4n) is 2.60. The van der Waals surface area contributed by atoms with Gasteiger partial charge in [0, 0.05) is 13.0 Å². The Balaban J connectivity index is 2.45. The Hall–Kier alpha value is -1.01. The highest BCUT2D eigenvalue weighted by Crippen LogP contribution is 2.36. The number of allylic oxidation sites excluding steroid dienone is 2. The molecule has 0 aromatic heterocycles. The molecule has 0 spiro atoms. The van der Waals surface area contributed by atoms with Gasteiger partial charge < -0.3 is 13.9 Å². The van der Waals surface area contributed by atoms with Crippen molar-refractivity contribution in [2.75, 3.05) is 19.8 Å². The number of rotatable bonds is 10. The molecule has 1 saturated heterocycles. The highest BCUT2D eigenvalue weighted by atomic mass is 28.4. The van der Waals surface area contributed by atoms with Crippen molar-refractivity contribution in [2.45, 2.75) is 77.8 Å². The fraction of sp³-hybridized carbons (Fsp3) is 0.682. The Labute approximate surface area is 166 Å². The molecule has 0 amide bonds. The summed E-state index contributed by atoms with van der Waals surface area (Å²) in [7, 11) is -1.67. The van der Waals surface area contributed by atoms with Gasteiger partial charge >= 0.3 is 0 Å². The smallest absolute Gasteiger partial charge is 0.233 e. The van der Waals surface area contributed by atoms with Gasteiger partial charge in [0.05, 0.1) is 13.2 Å². The lowest BCUT2D eigenvalue weighted by Gasteiger charge is -2.36. The third-order valence-corrected chi connectivity index (χ3v) is 9.90. The number of ether oxygens (including phenoxy) is 2. The fourth-order valence-corrected chi connectivity index (χ4v) is 3.66. The summed E-state index contributed by atoms with van der Waals surface area (Å²) in [6, 6.07) is 0. The molecule has 0 bridgehead atoms. The minimum atomic E-state index is -1.67. The van der Waals surface area contributed by atoms with Gasteiger partial charge in [0.1, 0.15) is 0 Å². The van der Waals surface area contributed by atoms with Crippen LogP contribution >= 0.6 is 0 Å². The zero-order chi connectivity index (χ0) is 20.7. The number of carbonyl (C=O) groups is 1. The maximum atomic E-state index is 12.3. The van der Waals surface area contributed by atoms with E-state index in [1.54, 1.807) is 6.92 Å². The Morgan fingerprint density at radius 2 is 1.96 bits per heavy atom. The molecule has 0 saturated carbocycles. The summed E-state index contributed by atoms with van der Waals surface area (Å²) in [5.41, 5.74) is 1.63. The zero-order valence-corrected chi connectivity index (χ0v) is 19.3. The Bertz CT molecular complexity index is 576. The van der Waals surface area contributed by atoms with Crippen LogP contribution in [0.2, 0.25) is 18.1 Å². The van der Waals surface area contributed by atoms with Crippen LogP contribution in [0.4, 0.5) is 0 Å². The Morgan fingerprint density at radius 1 is 1.30 bits per heavy atom. The first-order valence-electron chi connectivity index (χ1n) is 9.87. The molecule has 27 heavy (non-hydrogen) atoms. The summed E-state index contributed by atoms with van der Waals surface area (Å²) < 4.78 is 17.6. The SMILES string of the molecule is C=C(C)C(=O)[C@]1(OC/C=C/C(C)=C/CCO[Si](C)(C)C(C)(C)C)CCCO1. The van der Waals surface area contributed by atoms with E-state index >= 15 is 0 Å². The van der Waals surface area contributed by atoms with Crippen molar-refractivity contribution in [3.8, 4) is 0 Å². The lowest BCUT2D eigenvalue weighted by molar-refractivity contribution is -0.201. The molecule has 1 atom stereocenters. The van der Waals surface area contributed by atoms with Crippen LogP contribution in [-0.4, -0.2) is 39.7 Å². The summed E-state index contributed by atoms with van der Waals surface area (Å²) in [6.45, 7) is 20.4. The van der Waals surface area contributed by atoms with Crippen LogP contribution in [0, 0.1) is 0 Å². The van der Waals surface area contributed by atoms with Crippen LogP contribution in [0.1, 0.15) is 53.9 Å². The summed E-state index contributed by atoms with van der Waals surface area (Å²) in [5, 5.41) is 0.239. The molecular formula is C22H38O4Si. The zero-order valence-electron chi connectivity index (χ0n) is 18.3. The summed E-state index contributed by atoms with van der Waals surface area (Å²) in [4.78, 5) is 12.3. The quantitative estimate of drug-likeness (QED) is 0.210. The maximum absolute atomic E-state index is 12.3. The summed E-state index contributed by atoms with van der Waals surface area (Å²) in [6.07, 6.45) is 8.42. The van der Waals surface area contributed by atoms with E-state index in [1.807, 2.05) is 12.2 Å². The number of Topliss-reactive ketones (excluding diaryl/α,β-unsaturated/α-hetero) is 1. The second-order valence-electron chi connectivity index (χ2n) is 8.87. The molecule has 0 aromatic rings. The average Bonchev–Trinajstić information content (AvgIpc) is 3.03. The van der Waals surface area contributed by atoms with Crippen LogP contribution in [0.3, 0.4) is 0 Å². The highest BCUT2D eigenvalue weighted by molar-refractivity contribution is 6.74. The predicted molar refractivity (Wildman–Crippen MR) is 114 cm³/mol. The molecule has 0 aromatic carbocycles. The van der Waals surface area contributed by atoms with Crippen molar-refractivity contribution in [1.82, 2.24) is 0 Å². The van der Waals surface area contributed by atoms with E-state index in [-0.39, 0.29) is 10.8 Å². The van der Waals surface area contributed by atoms with Crippen molar-refractivity contribution < 1.29 is 18.7 Å². The van der Waals surface area contributed by atoms with Gasteiger partial charge in [-0.05, 0) is 50.4 Å². The first-order valence-corrected chi connectivity index (χ1v) is 12.8. The molecular weight excluding hydrogens is 356 g/mol. The molecule has 154 valence electrons. The first-order chi connectivity index (χ1) is 12.4. The Kier molecular flexibility index (Phi) is 8.87. The highest BCUT2D eigenvalue weighted by Gasteiger charge is 2.43. The molecule has 1 fully saturated rings. The van der Waals surface area contributed by atoms with Crippen LogP contribution in [0.5, 0.6) is 0 Å². The second kappa shape index (κ2) is 9.96. The van der Waals surface area contributed by atoms with Gasteiger partial charge in [-0.2, -0.15) is 0 Å². The lowest BCUT2D eigenvalue weighted by atomic mass is 10.0. The Morgan fingerprint density at radius 3 is 2.48 bits per heavy atom. The lowest BCUT2D eigenvalue weighted by Crippen LogP contribution is -2.41. The molecule has 0 aliphatic carbocycles. The third kappa shape index (κ3) is 7.14. The molecule has 1 rings (SSSR count). The molecule has 0 unspecified atom stereocenters. The number of hydrogen-bond donors (Lipinski definition) is 0. The van der Waals surface area contributed by atoms with Crippen molar-refractivity contribution in [1.29, 1.82) is 0 Å².